The molecular formula is C16H16BrClN2O. The smallest absolute Gasteiger partial charge is 0.238 e. The summed E-state index contributed by atoms with van der Waals surface area (Å²) in [5.74, 6) is -0.0776. The molecule has 2 aromatic rings. The molecule has 1 atom stereocenters. The van der Waals surface area contributed by atoms with Crippen LogP contribution in [0.4, 0.5) is 5.69 Å². The van der Waals surface area contributed by atoms with Crippen LogP contribution in [0, 0.1) is 0 Å². The second-order valence-corrected chi connectivity index (χ2v) is 6.06. The number of benzene rings is 2. The van der Waals surface area contributed by atoms with Crippen molar-refractivity contribution in [3.63, 3.8) is 0 Å². The fourth-order valence-electron chi connectivity index (χ4n) is 1.88. The van der Waals surface area contributed by atoms with Gasteiger partial charge in [-0.15, -0.1) is 0 Å². The molecule has 2 aromatic carbocycles. The van der Waals surface area contributed by atoms with Crippen LogP contribution < -0.4 is 10.6 Å². The molecule has 2 rings (SSSR count). The largest absolute Gasteiger partial charge is 0.325 e. The quantitative estimate of drug-likeness (QED) is 0.823. The van der Waals surface area contributed by atoms with E-state index in [0.717, 1.165) is 15.7 Å². The van der Waals surface area contributed by atoms with Gasteiger partial charge in [0.25, 0.3) is 0 Å². The number of amides is 1. The van der Waals surface area contributed by atoms with Crippen molar-refractivity contribution in [1.29, 1.82) is 0 Å². The number of halogens is 2. The Labute approximate surface area is 137 Å². The summed E-state index contributed by atoms with van der Waals surface area (Å²) in [6, 6.07) is 15.1. The first kappa shape index (κ1) is 16.0. The molecule has 0 aliphatic rings. The monoisotopic (exact) mass is 366 g/mol. The zero-order chi connectivity index (χ0) is 15.2. The van der Waals surface area contributed by atoms with Gasteiger partial charge in [0.05, 0.1) is 6.54 Å². The number of rotatable bonds is 5. The second kappa shape index (κ2) is 7.59. The van der Waals surface area contributed by atoms with Crippen LogP contribution in [0.1, 0.15) is 18.5 Å². The Balaban J connectivity index is 1.84. The lowest BCUT2D eigenvalue weighted by molar-refractivity contribution is -0.115. The van der Waals surface area contributed by atoms with Gasteiger partial charge in [0.2, 0.25) is 5.91 Å². The molecule has 0 fully saturated rings. The van der Waals surface area contributed by atoms with Gasteiger partial charge >= 0.3 is 0 Å². The summed E-state index contributed by atoms with van der Waals surface area (Å²) in [6.45, 7) is 2.24. The summed E-state index contributed by atoms with van der Waals surface area (Å²) in [7, 11) is 0. The van der Waals surface area contributed by atoms with Crippen LogP contribution in [0.5, 0.6) is 0 Å². The average Bonchev–Trinajstić information content (AvgIpc) is 2.47. The number of hydrogen-bond donors (Lipinski definition) is 2. The lowest BCUT2D eigenvalue weighted by atomic mass is 10.1. The van der Waals surface area contributed by atoms with Gasteiger partial charge in [0.15, 0.2) is 0 Å². The van der Waals surface area contributed by atoms with Crippen LogP contribution in [-0.2, 0) is 4.79 Å². The van der Waals surface area contributed by atoms with Crippen LogP contribution >= 0.6 is 27.5 Å². The molecule has 3 nitrogen and oxygen atoms in total. The first-order valence-corrected chi connectivity index (χ1v) is 7.76. The Morgan fingerprint density at radius 3 is 2.62 bits per heavy atom. The van der Waals surface area contributed by atoms with E-state index < -0.39 is 0 Å². The van der Waals surface area contributed by atoms with Gasteiger partial charge < -0.3 is 10.6 Å². The molecule has 110 valence electrons. The minimum atomic E-state index is -0.0776. The topological polar surface area (TPSA) is 41.1 Å². The maximum atomic E-state index is 11.9. The summed E-state index contributed by atoms with van der Waals surface area (Å²) < 4.78 is 0.980. The number of carbonyl (C=O) groups is 1. The fourth-order valence-corrected chi connectivity index (χ4v) is 2.34. The molecule has 1 amide bonds. The van der Waals surface area contributed by atoms with E-state index in [-0.39, 0.29) is 18.5 Å². The highest BCUT2D eigenvalue weighted by Crippen LogP contribution is 2.17. The molecule has 0 unspecified atom stereocenters. The van der Waals surface area contributed by atoms with E-state index >= 15 is 0 Å². The average molecular weight is 368 g/mol. The zero-order valence-corrected chi connectivity index (χ0v) is 13.9. The summed E-state index contributed by atoms with van der Waals surface area (Å²) in [6.07, 6.45) is 0. The van der Waals surface area contributed by atoms with Crippen molar-refractivity contribution in [2.24, 2.45) is 0 Å². The van der Waals surface area contributed by atoms with Crippen LogP contribution in [0.15, 0.2) is 53.0 Å². The van der Waals surface area contributed by atoms with Gasteiger partial charge in [-0.25, -0.2) is 0 Å². The van der Waals surface area contributed by atoms with Gasteiger partial charge in [0, 0.05) is 21.2 Å². The van der Waals surface area contributed by atoms with E-state index in [0.29, 0.717) is 5.02 Å². The van der Waals surface area contributed by atoms with Crippen molar-refractivity contribution >= 4 is 39.1 Å². The van der Waals surface area contributed by atoms with Crippen LogP contribution in [0.25, 0.3) is 0 Å². The Morgan fingerprint density at radius 2 is 1.95 bits per heavy atom. The molecule has 0 bridgehead atoms. The Morgan fingerprint density at radius 1 is 1.24 bits per heavy atom. The van der Waals surface area contributed by atoms with Crippen molar-refractivity contribution in [3.05, 3.63) is 63.6 Å². The van der Waals surface area contributed by atoms with Gasteiger partial charge in [-0.2, -0.15) is 0 Å². The molecule has 0 aromatic heterocycles. The van der Waals surface area contributed by atoms with Crippen LogP contribution in [0.2, 0.25) is 5.02 Å². The molecule has 0 aliphatic heterocycles. The minimum Gasteiger partial charge on any atom is -0.325 e. The van der Waals surface area contributed by atoms with E-state index in [1.807, 2.05) is 55.5 Å². The molecular weight excluding hydrogens is 352 g/mol. The minimum absolute atomic E-state index is 0.0550. The summed E-state index contributed by atoms with van der Waals surface area (Å²) in [4.78, 5) is 11.9. The standard InChI is InChI=1S/C16H16BrClN2O/c1-11(12-3-2-4-14(18)9-12)19-10-16(21)20-15-7-5-13(17)6-8-15/h2-9,11,19H,10H2,1H3,(H,20,21)/t11-/m1/s1. The summed E-state index contributed by atoms with van der Waals surface area (Å²) in [5, 5.41) is 6.71. The fraction of sp³-hybridized carbons (Fsp3) is 0.188. The highest BCUT2D eigenvalue weighted by Gasteiger charge is 2.08. The third-order valence-electron chi connectivity index (χ3n) is 3.05. The third kappa shape index (κ3) is 5.16. The van der Waals surface area contributed by atoms with E-state index in [1.54, 1.807) is 0 Å². The van der Waals surface area contributed by atoms with Crippen LogP contribution in [0.3, 0.4) is 0 Å². The third-order valence-corrected chi connectivity index (χ3v) is 3.81. The Bertz CT molecular complexity index is 616. The highest BCUT2D eigenvalue weighted by molar-refractivity contribution is 9.10. The predicted molar refractivity (Wildman–Crippen MR) is 90.6 cm³/mol. The lowest BCUT2D eigenvalue weighted by Gasteiger charge is -2.14. The maximum absolute atomic E-state index is 11.9. The van der Waals surface area contributed by atoms with E-state index in [9.17, 15) is 4.79 Å². The Hall–Kier alpha value is -1.36. The lowest BCUT2D eigenvalue weighted by Crippen LogP contribution is -2.30. The highest BCUT2D eigenvalue weighted by atomic mass is 79.9. The first-order chi connectivity index (χ1) is 10.0. The van der Waals surface area contributed by atoms with Gasteiger partial charge in [-0.1, -0.05) is 39.7 Å². The SMILES string of the molecule is C[C@@H](NCC(=O)Nc1ccc(Br)cc1)c1cccc(Cl)c1. The molecule has 0 spiro atoms. The second-order valence-electron chi connectivity index (χ2n) is 4.71. The van der Waals surface area contributed by atoms with Gasteiger partial charge in [-0.3, -0.25) is 4.79 Å². The molecule has 0 heterocycles. The normalized spacial score (nSPS) is 12.0. The number of nitrogens with one attached hydrogen (secondary N) is 2. The van der Waals surface area contributed by atoms with Crippen molar-refractivity contribution < 1.29 is 4.79 Å². The van der Waals surface area contributed by atoms with E-state index in [1.165, 1.54) is 0 Å². The van der Waals surface area contributed by atoms with Crippen molar-refractivity contribution in [3.8, 4) is 0 Å². The molecule has 2 N–H and O–H groups in total. The number of anilines is 1. The van der Waals surface area contributed by atoms with Gasteiger partial charge in [-0.05, 0) is 48.9 Å². The maximum Gasteiger partial charge on any atom is 0.238 e. The van der Waals surface area contributed by atoms with E-state index in [4.69, 9.17) is 11.6 Å². The van der Waals surface area contributed by atoms with Crippen molar-refractivity contribution in [2.75, 3.05) is 11.9 Å². The molecule has 0 aliphatic carbocycles. The van der Waals surface area contributed by atoms with Crippen molar-refractivity contribution in [2.45, 2.75) is 13.0 Å². The Kier molecular flexibility index (Phi) is 5.79. The molecule has 21 heavy (non-hydrogen) atoms. The molecule has 0 saturated heterocycles. The number of carbonyl (C=O) groups excluding carboxylic acids is 1. The summed E-state index contributed by atoms with van der Waals surface area (Å²) >= 11 is 9.32. The predicted octanol–water partition coefficient (Wildman–Crippen LogP) is 4.39. The van der Waals surface area contributed by atoms with Crippen molar-refractivity contribution in [1.82, 2.24) is 5.32 Å². The van der Waals surface area contributed by atoms with E-state index in [2.05, 4.69) is 26.6 Å². The zero-order valence-electron chi connectivity index (χ0n) is 11.6. The molecule has 0 radical (unpaired) electrons. The molecule has 0 saturated carbocycles. The molecule has 5 heteroatoms. The first-order valence-electron chi connectivity index (χ1n) is 6.59. The van der Waals surface area contributed by atoms with Gasteiger partial charge in [0.1, 0.15) is 0 Å². The number of hydrogen-bond acceptors (Lipinski definition) is 2. The van der Waals surface area contributed by atoms with Crippen LogP contribution in [-0.4, -0.2) is 12.5 Å². The summed E-state index contributed by atoms with van der Waals surface area (Å²) in [5.41, 5.74) is 1.83.